The van der Waals surface area contributed by atoms with Crippen LogP contribution >= 0.6 is 0 Å². The number of hydrogen-bond acceptors (Lipinski definition) is 5. The van der Waals surface area contributed by atoms with Crippen molar-refractivity contribution in [1.82, 2.24) is 4.98 Å². The molecule has 3 aromatic rings. The molecule has 2 aromatic carbocycles. The number of carbonyl (C=O) groups is 1. The molecule has 128 valence electrons. The minimum atomic E-state index is -0.640. The monoisotopic (exact) mass is 335 g/mol. The second-order valence-corrected chi connectivity index (χ2v) is 5.77. The highest BCUT2D eigenvalue weighted by Crippen LogP contribution is 2.24. The number of aromatic nitrogens is 1. The van der Waals surface area contributed by atoms with Gasteiger partial charge in [0.05, 0.1) is 6.61 Å². The van der Waals surface area contributed by atoms with Crippen molar-refractivity contribution in [1.29, 1.82) is 0 Å². The molecule has 0 saturated carbocycles. The van der Waals surface area contributed by atoms with Gasteiger partial charge in [-0.2, -0.15) is 0 Å². The van der Waals surface area contributed by atoms with Gasteiger partial charge in [0.1, 0.15) is 11.9 Å². The summed E-state index contributed by atoms with van der Waals surface area (Å²) in [4.78, 5) is 16.0. The number of fused-ring (bicyclic) bond motifs is 1. The third-order valence-corrected chi connectivity index (χ3v) is 3.94. The maximum absolute atomic E-state index is 11.6. The highest BCUT2D eigenvalue weighted by Gasteiger charge is 2.14. The van der Waals surface area contributed by atoms with Gasteiger partial charge in [-0.25, -0.2) is 4.98 Å². The van der Waals surface area contributed by atoms with Gasteiger partial charge in [0.2, 0.25) is 0 Å². The molecule has 1 heterocycles. The number of carbonyl (C=O) groups excluding carboxylic acids is 1. The molecule has 5 nitrogen and oxygen atoms in total. The summed E-state index contributed by atoms with van der Waals surface area (Å²) in [7, 11) is 0. The summed E-state index contributed by atoms with van der Waals surface area (Å²) in [6, 6.07) is 17.3. The predicted octanol–water partition coefficient (Wildman–Crippen LogP) is 3.41. The summed E-state index contributed by atoms with van der Waals surface area (Å²) < 4.78 is 4.93. The SMILES string of the molecule is CCOC(=O)[C@@H](N)Cc1ccc(Nc2nccc3ccccc23)cc1. The van der Waals surface area contributed by atoms with Crippen LogP contribution < -0.4 is 11.1 Å². The van der Waals surface area contributed by atoms with E-state index in [2.05, 4.69) is 16.4 Å². The lowest BCUT2D eigenvalue weighted by Crippen LogP contribution is -2.34. The Labute approximate surface area is 146 Å². The van der Waals surface area contributed by atoms with Crippen molar-refractivity contribution < 1.29 is 9.53 Å². The molecule has 3 rings (SSSR count). The Hall–Kier alpha value is -2.92. The molecule has 0 amide bonds. The minimum absolute atomic E-state index is 0.341. The van der Waals surface area contributed by atoms with Crippen LogP contribution in [0.4, 0.5) is 11.5 Å². The number of nitrogens with zero attached hydrogens (tertiary/aromatic N) is 1. The first-order chi connectivity index (χ1) is 12.2. The highest BCUT2D eigenvalue weighted by molar-refractivity contribution is 5.93. The van der Waals surface area contributed by atoms with Crippen LogP contribution in [0, 0.1) is 0 Å². The summed E-state index contributed by atoms with van der Waals surface area (Å²) in [5.41, 5.74) is 7.77. The average Bonchev–Trinajstić information content (AvgIpc) is 2.64. The van der Waals surface area contributed by atoms with Crippen LogP contribution in [0.5, 0.6) is 0 Å². The molecule has 0 aliphatic rings. The van der Waals surface area contributed by atoms with Gasteiger partial charge < -0.3 is 15.8 Å². The van der Waals surface area contributed by atoms with Crippen molar-refractivity contribution in [2.45, 2.75) is 19.4 Å². The van der Waals surface area contributed by atoms with Gasteiger partial charge in [0.15, 0.2) is 0 Å². The van der Waals surface area contributed by atoms with Crippen molar-refractivity contribution in [3.05, 3.63) is 66.4 Å². The van der Waals surface area contributed by atoms with Gasteiger partial charge in [0, 0.05) is 17.3 Å². The Bertz CT molecular complexity index is 857. The fourth-order valence-corrected chi connectivity index (χ4v) is 2.67. The summed E-state index contributed by atoms with van der Waals surface area (Å²) in [5.74, 6) is 0.443. The molecule has 3 N–H and O–H groups in total. The van der Waals surface area contributed by atoms with Gasteiger partial charge in [-0.15, -0.1) is 0 Å². The van der Waals surface area contributed by atoms with E-state index < -0.39 is 6.04 Å². The van der Waals surface area contributed by atoms with Crippen LogP contribution in [0.25, 0.3) is 10.8 Å². The molecule has 0 spiro atoms. The van der Waals surface area contributed by atoms with Crippen LogP contribution in [0.15, 0.2) is 60.8 Å². The number of ether oxygens (including phenoxy) is 1. The maximum Gasteiger partial charge on any atom is 0.323 e. The molecule has 25 heavy (non-hydrogen) atoms. The van der Waals surface area contributed by atoms with Gasteiger partial charge in [-0.05, 0) is 42.5 Å². The molecule has 0 aliphatic carbocycles. The molecule has 0 bridgehead atoms. The minimum Gasteiger partial charge on any atom is -0.465 e. The Morgan fingerprint density at radius 1 is 1.16 bits per heavy atom. The lowest BCUT2D eigenvalue weighted by Gasteiger charge is -2.12. The molecule has 0 fully saturated rings. The summed E-state index contributed by atoms with van der Waals surface area (Å²) in [6.45, 7) is 2.11. The van der Waals surface area contributed by atoms with Crippen molar-refractivity contribution in [2.24, 2.45) is 5.73 Å². The number of pyridine rings is 1. The van der Waals surface area contributed by atoms with E-state index in [4.69, 9.17) is 10.5 Å². The number of esters is 1. The molecular weight excluding hydrogens is 314 g/mol. The van der Waals surface area contributed by atoms with Crippen LogP contribution in [0.3, 0.4) is 0 Å². The Balaban J connectivity index is 1.71. The van der Waals surface area contributed by atoms with Gasteiger partial charge in [-0.3, -0.25) is 4.79 Å². The standard InChI is InChI=1S/C20H21N3O2/c1-2-25-20(24)18(21)13-14-7-9-16(10-8-14)23-19-17-6-4-3-5-15(17)11-12-22-19/h3-12,18H,2,13,21H2,1H3,(H,22,23)/t18-/m0/s1. The topological polar surface area (TPSA) is 77.2 Å². The van der Waals surface area contributed by atoms with Crippen LogP contribution in [0.2, 0.25) is 0 Å². The van der Waals surface area contributed by atoms with Crippen molar-refractivity contribution in [3.8, 4) is 0 Å². The molecular formula is C20H21N3O2. The van der Waals surface area contributed by atoms with Crippen molar-refractivity contribution >= 4 is 28.2 Å². The number of hydrogen-bond donors (Lipinski definition) is 2. The fraction of sp³-hybridized carbons (Fsp3) is 0.200. The molecule has 0 unspecified atom stereocenters. The van der Waals surface area contributed by atoms with E-state index in [9.17, 15) is 4.79 Å². The van der Waals surface area contributed by atoms with Crippen LogP contribution in [-0.4, -0.2) is 23.6 Å². The molecule has 1 atom stereocenters. The van der Waals surface area contributed by atoms with E-state index in [0.717, 1.165) is 27.8 Å². The average molecular weight is 335 g/mol. The van der Waals surface area contributed by atoms with Crippen LogP contribution in [-0.2, 0) is 16.0 Å². The Morgan fingerprint density at radius 2 is 1.92 bits per heavy atom. The number of rotatable bonds is 6. The second-order valence-electron chi connectivity index (χ2n) is 5.77. The van der Waals surface area contributed by atoms with E-state index in [0.29, 0.717) is 13.0 Å². The van der Waals surface area contributed by atoms with Crippen molar-refractivity contribution in [2.75, 3.05) is 11.9 Å². The summed E-state index contributed by atoms with van der Waals surface area (Å²) in [5, 5.41) is 5.54. The quantitative estimate of drug-likeness (QED) is 0.675. The molecule has 0 radical (unpaired) electrons. The van der Waals surface area contributed by atoms with E-state index in [1.54, 1.807) is 13.1 Å². The maximum atomic E-state index is 11.6. The lowest BCUT2D eigenvalue weighted by molar-refractivity contribution is -0.144. The number of anilines is 2. The second kappa shape index (κ2) is 7.77. The molecule has 1 aromatic heterocycles. The zero-order chi connectivity index (χ0) is 17.6. The zero-order valence-electron chi connectivity index (χ0n) is 14.1. The van der Waals surface area contributed by atoms with E-state index in [1.807, 2.05) is 48.5 Å². The third-order valence-electron chi connectivity index (χ3n) is 3.94. The normalized spacial score (nSPS) is 11.9. The van der Waals surface area contributed by atoms with E-state index in [1.165, 1.54) is 0 Å². The van der Waals surface area contributed by atoms with E-state index in [-0.39, 0.29) is 5.97 Å². The highest BCUT2D eigenvalue weighted by atomic mass is 16.5. The van der Waals surface area contributed by atoms with Gasteiger partial charge >= 0.3 is 5.97 Å². The van der Waals surface area contributed by atoms with Gasteiger partial charge in [0.25, 0.3) is 0 Å². The largest absolute Gasteiger partial charge is 0.465 e. The lowest BCUT2D eigenvalue weighted by atomic mass is 10.1. The van der Waals surface area contributed by atoms with E-state index >= 15 is 0 Å². The van der Waals surface area contributed by atoms with Crippen molar-refractivity contribution in [3.63, 3.8) is 0 Å². The first-order valence-electron chi connectivity index (χ1n) is 8.29. The summed E-state index contributed by atoms with van der Waals surface area (Å²) in [6.07, 6.45) is 2.24. The predicted molar refractivity (Wildman–Crippen MR) is 99.8 cm³/mol. The first-order valence-corrected chi connectivity index (χ1v) is 8.29. The smallest absolute Gasteiger partial charge is 0.323 e. The molecule has 0 saturated heterocycles. The Kier molecular flexibility index (Phi) is 5.26. The number of nitrogens with one attached hydrogen (secondary N) is 1. The van der Waals surface area contributed by atoms with Gasteiger partial charge in [-0.1, -0.05) is 36.4 Å². The first kappa shape index (κ1) is 16.9. The van der Waals surface area contributed by atoms with Crippen LogP contribution in [0.1, 0.15) is 12.5 Å². The molecule has 0 aliphatic heterocycles. The zero-order valence-corrected chi connectivity index (χ0v) is 14.1. The summed E-state index contributed by atoms with van der Waals surface area (Å²) >= 11 is 0. The third kappa shape index (κ3) is 4.14. The molecule has 5 heteroatoms. The number of nitrogens with two attached hydrogens (primary N) is 1. The fourth-order valence-electron chi connectivity index (χ4n) is 2.67. The number of benzene rings is 2. The Morgan fingerprint density at radius 3 is 2.68 bits per heavy atom.